The first-order valence-corrected chi connectivity index (χ1v) is 17.2. The van der Waals surface area contributed by atoms with Gasteiger partial charge < -0.3 is 19.8 Å². The highest BCUT2D eigenvalue weighted by Gasteiger charge is 2.27. The van der Waals surface area contributed by atoms with Crippen LogP contribution in [0.15, 0.2) is 60.8 Å². The number of aliphatic hydroxyl groups is 1. The van der Waals surface area contributed by atoms with E-state index in [0.29, 0.717) is 17.4 Å². The van der Waals surface area contributed by atoms with E-state index in [-0.39, 0.29) is 19.1 Å². The van der Waals surface area contributed by atoms with Crippen molar-refractivity contribution in [1.82, 2.24) is 5.32 Å². The summed E-state index contributed by atoms with van der Waals surface area (Å²) in [5, 5.41) is 13.3. The summed E-state index contributed by atoms with van der Waals surface area (Å²) in [5.41, 5.74) is 0. The van der Waals surface area contributed by atoms with E-state index in [1.165, 1.54) is 0 Å². The van der Waals surface area contributed by atoms with Gasteiger partial charge in [-0.15, -0.1) is 0 Å². The van der Waals surface area contributed by atoms with E-state index in [1.807, 2.05) is 34.1 Å². The molecule has 0 spiro atoms. The Kier molecular flexibility index (Phi) is 24.6. The van der Waals surface area contributed by atoms with Crippen LogP contribution in [0, 0.1) is 0 Å². The van der Waals surface area contributed by atoms with E-state index in [4.69, 9.17) is 9.05 Å². The largest absolute Gasteiger partial charge is 0.472 e. The summed E-state index contributed by atoms with van der Waals surface area (Å²) >= 11 is 0. The molecule has 0 saturated carbocycles. The van der Waals surface area contributed by atoms with E-state index in [2.05, 4.69) is 60.8 Å². The third-order valence-corrected chi connectivity index (χ3v) is 7.21. The molecule has 0 bridgehead atoms. The summed E-state index contributed by atoms with van der Waals surface area (Å²) in [4.78, 5) is 22.6. The summed E-state index contributed by atoms with van der Waals surface area (Å²) in [6, 6.07) is -0.855. The van der Waals surface area contributed by atoms with Crippen LogP contribution in [-0.4, -0.2) is 73.4 Å². The smallest absolute Gasteiger partial charge is 0.387 e. The maximum absolute atomic E-state index is 12.6. The number of phosphoric ester groups is 1. The van der Waals surface area contributed by atoms with E-state index in [1.54, 1.807) is 6.08 Å². The third-order valence-electron chi connectivity index (χ3n) is 6.22. The van der Waals surface area contributed by atoms with Crippen LogP contribution in [0.3, 0.4) is 0 Å². The van der Waals surface area contributed by atoms with Crippen molar-refractivity contribution in [3.05, 3.63) is 60.8 Å². The number of rotatable bonds is 26. The summed E-state index contributed by atoms with van der Waals surface area (Å²) < 4.78 is 23.1. The fourth-order valence-corrected chi connectivity index (χ4v) is 4.42. The quantitative estimate of drug-likeness (QED) is 0.0414. The molecule has 0 aliphatic carbocycles. The Morgan fingerprint density at radius 2 is 1.43 bits per heavy atom. The van der Waals surface area contributed by atoms with Gasteiger partial charge >= 0.3 is 7.82 Å². The fourth-order valence-electron chi connectivity index (χ4n) is 3.68. The van der Waals surface area contributed by atoms with Gasteiger partial charge in [-0.05, 0) is 51.4 Å². The summed E-state index contributed by atoms with van der Waals surface area (Å²) in [5.74, 6) is -0.218. The predicted octanol–water partition coefficient (Wildman–Crippen LogP) is 7.17. The second-order valence-corrected chi connectivity index (χ2v) is 12.9. The second kappa shape index (κ2) is 25.7. The van der Waals surface area contributed by atoms with Crippen molar-refractivity contribution in [2.24, 2.45) is 0 Å². The molecule has 8 nitrogen and oxygen atoms in total. The Balaban J connectivity index is 4.34. The van der Waals surface area contributed by atoms with Crippen LogP contribution in [0.4, 0.5) is 0 Å². The number of likely N-dealkylation sites (N-methyl/N-ethyl adjacent to an activating group) is 1. The van der Waals surface area contributed by atoms with E-state index < -0.39 is 20.0 Å². The molecular weight excluding hydrogens is 551 g/mol. The number of nitrogens with zero attached hydrogens (tertiary/aromatic N) is 1. The molecule has 3 atom stereocenters. The molecule has 3 unspecified atom stereocenters. The van der Waals surface area contributed by atoms with Crippen molar-refractivity contribution in [2.75, 3.05) is 40.9 Å². The number of aliphatic hydroxyl groups excluding tert-OH is 1. The van der Waals surface area contributed by atoms with Crippen molar-refractivity contribution >= 4 is 13.7 Å². The molecule has 242 valence electrons. The SMILES string of the molecule is CC/C=C\C/C=C\C/C=C\C/C=C\CCCCCCC(=O)NC(COP(=O)(O)OCC[N+](C)(C)C)C(O)/C=C/CCC. The van der Waals surface area contributed by atoms with Crippen molar-refractivity contribution in [2.45, 2.75) is 103 Å². The highest BCUT2D eigenvalue weighted by Crippen LogP contribution is 2.43. The van der Waals surface area contributed by atoms with Gasteiger partial charge in [-0.2, -0.15) is 0 Å². The normalized spacial score (nSPS) is 15.9. The van der Waals surface area contributed by atoms with Gasteiger partial charge in [0.15, 0.2) is 0 Å². The zero-order valence-corrected chi connectivity index (χ0v) is 27.9. The molecule has 0 rings (SSSR count). The number of carbonyl (C=O) groups is 1. The van der Waals surface area contributed by atoms with Gasteiger partial charge in [-0.25, -0.2) is 4.57 Å². The number of hydrogen-bond donors (Lipinski definition) is 3. The molecule has 0 fully saturated rings. The Hall–Kier alpha value is -1.80. The van der Waals surface area contributed by atoms with Crippen LogP contribution >= 0.6 is 7.82 Å². The Morgan fingerprint density at radius 1 is 0.833 bits per heavy atom. The molecule has 9 heteroatoms. The number of allylic oxidation sites excluding steroid dienone is 9. The predicted molar refractivity (Wildman–Crippen MR) is 175 cm³/mol. The molecule has 0 aliphatic rings. The summed E-state index contributed by atoms with van der Waals surface area (Å²) in [6.45, 7) is 4.41. The number of phosphoric acid groups is 1. The van der Waals surface area contributed by atoms with Crippen molar-refractivity contribution < 1.29 is 32.9 Å². The molecule has 0 aromatic rings. The number of quaternary nitrogens is 1. The van der Waals surface area contributed by atoms with Crippen molar-refractivity contribution in [3.8, 4) is 0 Å². The van der Waals surface area contributed by atoms with Crippen LogP contribution in [-0.2, 0) is 18.4 Å². The first-order chi connectivity index (χ1) is 20.0. The zero-order valence-electron chi connectivity index (χ0n) is 27.0. The minimum atomic E-state index is -4.31. The molecule has 0 aliphatic heterocycles. The zero-order chi connectivity index (χ0) is 31.5. The van der Waals surface area contributed by atoms with Crippen LogP contribution in [0.5, 0.6) is 0 Å². The molecule has 3 N–H and O–H groups in total. The summed E-state index contributed by atoms with van der Waals surface area (Å²) in [6.07, 6.45) is 30.8. The molecule has 0 radical (unpaired) electrons. The van der Waals surface area contributed by atoms with Gasteiger partial charge in [0, 0.05) is 6.42 Å². The monoisotopic (exact) mass is 611 g/mol. The highest BCUT2D eigenvalue weighted by molar-refractivity contribution is 7.47. The molecule has 1 amide bonds. The highest BCUT2D eigenvalue weighted by atomic mass is 31.2. The minimum absolute atomic E-state index is 0.0511. The van der Waals surface area contributed by atoms with Crippen LogP contribution in [0.1, 0.15) is 90.9 Å². The number of amides is 1. The third kappa shape index (κ3) is 27.1. The molecule has 0 heterocycles. The lowest BCUT2D eigenvalue weighted by atomic mass is 10.1. The Labute approximate surface area is 256 Å². The number of unbranched alkanes of at least 4 members (excludes halogenated alkanes) is 5. The summed E-state index contributed by atoms with van der Waals surface area (Å²) in [7, 11) is 1.53. The fraction of sp³-hybridized carbons (Fsp3) is 0.667. The molecule has 0 aromatic heterocycles. The van der Waals surface area contributed by atoms with E-state index in [9.17, 15) is 19.4 Å². The number of hydrogen-bond acceptors (Lipinski definition) is 5. The van der Waals surface area contributed by atoms with Crippen LogP contribution in [0.2, 0.25) is 0 Å². The van der Waals surface area contributed by atoms with Crippen LogP contribution in [0.25, 0.3) is 0 Å². The first kappa shape index (κ1) is 40.2. The average Bonchev–Trinajstić information content (AvgIpc) is 2.92. The van der Waals surface area contributed by atoms with Gasteiger partial charge in [-0.3, -0.25) is 13.8 Å². The van der Waals surface area contributed by atoms with Crippen LogP contribution < -0.4 is 5.32 Å². The lowest BCUT2D eigenvalue weighted by molar-refractivity contribution is -0.870. The molecule has 0 aromatic carbocycles. The van der Waals surface area contributed by atoms with Crippen molar-refractivity contribution in [3.63, 3.8) is 0 Å². The van der Waals surface area contributed by atoms with Gasteiger partial charge in [0.25, 0.3) is 0 Å². The Morgan fingerprint density at radius 3 is 2.02 bits per heavy atom. The minimum Gasteiger partial charge on any atom is -0.387 e. The van der Waals surface area contributed by atoms with Gasteiger partial charge in [0.2, 0.25) is 5.91 Å². The van der Waals surface area contributed by atoms with E-state index >= 15 is 0 Å². The average molecular weight is 612 g/mol. The van der Waals surface area contributed by atoms with Gasteiger partial charge in [0.05, 0.1) is 39.9 Å². The standard InChI is InChI=1S/C33H59N2O6P/c1-6-8-10-11-12-13-14-15-16-17-18-19-20-21-22-23-25-27-33(37)34-31(32(36)26-24-9-7-2)30-41-42(38,39)40-29-28-35(3,4)5/h8,10,12-13,15-16,18-19,24,26,31-32,36H,6-7,9,11,14,17,20-23,25,27-30H2,1-5H3,(H-,34,37,38,39)/p+1/b10-8-,13-12-,16-15-,19-18-,26-24+. The number of carbonyl (C=O) groups excluding carboxylic acids is 1. The lowest BCUT2D eigenvalue weighted by Gasteiger charge is -2.25. The van der Waals surface area contributed by atoms with Gasteiger partial charge in [-0.1, -0.05) is 93.9 Å². The van der Waals surface area contributed by atoms with E-state index in [0.717, 1.165) is 70.6 Å². The lowest BCUT2D eigenvalue weighted by Crippen LogP contribution is -2.45. The second-order valence-electron chi connectivity index (χ2n) is 11.4. The van der Waals surface area contributed by atoms with Gasteiger partial charge in [0.1, 0.15) is 13.2 Å². The topological polar surface area (TPSA) is 105 Å². The molecule has 42 heavy (non-hydrogen) atoms. The number of nitrogens with one attached hydrogen (secondary N) is 1. The first-order valence-electron chi connectivity index (χ1n) is 15.7. The molecule has 0 saturated heterocycles. The maximum Gasteiger partial charge on any atom is 0.472 e. The van der Waals surface area contributed by atoms with Crippen molar-refractivity contribution in [1.29, 1.82) is 0 Å². The molecular formula is C33H60N2O6P+. The maximum atomic E-state index is 12.6. The Bertz CT molecular complexity index is 876.